The molecular formula is C19H22N2O. The highest BCUT2D eigenvalue weighted by atomic mass is 16.1. The molecule has 3 heteroatoms. The summed E-state index contributed by atoms with van der Waals surface area (Å²) >= 11 is 0. The summed E-state index contributed by atoms with van der Waals surface area (Å²) in [6.07, 6.45) is 2.73. The largest absolute Gasteiger partial charge is 0.339 e. The zero-order valence-corrected chi connectivity index (χ0v) is 13.7. The fourth-order valence-corrected chi connectivity index (χ4v) is 3.09. The van der Waals surface area contributed by atoms with Crippen molar-refractivity contribution in [2.45, 2.75) is 40.7 Å². The van der Waals surface area contributed by atoms with E-state index >= 15 is 0 Å². The molecule has 0 radical (unpaired) electrons. The van der Waals surface area contributed by atoms with E-state index in [9.17, 15) is 4.79 Å². The highest BCUT2D eigenvalue weighted by Gasteiger charge is 2.15. The van der Waals surface area contributed by atoms with Crippen molar-refractivity contribution in [1.82, 2.24) is 9.55 Å². The van der Waals surface area contributed by atoms with Gasteiger partial charge in [-0.3, -0.25) is 9.78 Å². The molecule has 114 valence electrons. The average Bonchev–Trinajstić information content (AvgIpc) is 2.79. The standard InChI is InChI=1S/C19H22N2O/c1-12-5-6-16-17-7-9-20-14(3)19(17)21(18(16)11-12)10-8-13(2)15(4)22/h5-7,9,11,13H,8,10H2,1-4H3. The molecule has 0 N–H and O–H groups in total. The number of carbonyl (C=O) groups excluding carboxylic acids is 1. The van der Waals surface area contributed by atoms with Crippen LogP contribution in [0.5, 0.6) is 0 Å². The Morgan fingerprint density at radius 3 is 2.73 bits per heavy atom. The quantitative estimate of drug-likeness (QED) is 0.714. The average molecular weight is 294 g/mol. The highest BCUT2D eigenvalue weighted by molar-refractivity contribution is 6.08. The first-order valence-electron chi connectivity index (χ1n) is 7.83. The summed E-state index contributed by atoms with van der Waals surface area (Å²) in [6.45, 7) is 8.69. The van der Waals surface area contributed by atoms with E-state index in [2.05, 4.69) is 47.7 Å². The molecule has 2 aromatic heterocycles. The second kappa shape index (κ2) is 5.56. The number of benzene rings is 1. The van der Waals surface area contributed by atoms with Gasteiger partial charge in [-0.05, 0) is 44.9 Å². The first-order chi connectivity index (χ1) is 10.5. The van der Waals surface area contributed by atoms with Gasteiger partial charge in [-0.25, -0.2) is 0 Å². The van der Waals surface area contributed by atoms with Crippen LogP contribution >= 0.6 is 0 Å². The van der Waals surface area contributed by atoms with E-state index in [1.54, 1.807) is 6.92 Å². The van der Waals surface area contributed by atoms with E-state index in [-0.39, 0.29) is 11.7 Å². The summed E-state index contributed by atoms with van der Waals surface area (Å²) in [4.78, 5) is 16.0. The molecule has 0 spiro atoms. The Hall–Kier alpha value is -2.16. The number of aryl methyl sites for hydroxylation is 3. The molecule has 2 heterocycles. The number of aromatic nitrogens is 2. The molecule has 0 aliphatic carbocycles. The van der Waals surface area contributed by atoms with Crippen molar-refractivity contribution < 1.29 is 4.79 Å². The number of hydrogen-bond acceptors (Lipinski definition) is 2. The monoisotopic (exact) mass is 294 g/mol. The van der Waals surface area contributed by atoms with Gasteiger partial charge in [0.2, 0.25) is 0 Å². The number of nitrogens with zero attached hydrogens (tertiary/aromatic N) is 2. The number of ketones is 1. The van der Waals surface area contributed by atoms with Crippen LogP contribution in [0.25, 0.3) is 21.8 Å². The lowest BCUT2D eigenvalue weighted by Crippen LogP contribution is -2.10. The minimum absolute atomic E-state index is 0.0919. The topological polar surface area (TPSA) is 34.9 Å². The molecule has 0 aliphatic heterocycles. The third-order valence-corrected chi connectivity index (χ3v) is 4.59. The lowest BCUT2D eigenvalue weighted by molar-refractivity contribution is -0.120. The first kappa shape index (κ1) is 14.8. The molecule has 1 atom stereocenters. The first-order valence-corrected chi connectivity index (χ1v) is 7.83. The number of pyridine rings is 1. The second-order valence-electron chi connectivity index (χ2n) is 6.27. The lowest BCUT2D eigenvalue weighted by atomic mass is 10.0. The minimum Gasteiger partial charge on any atom is -0.339 e. The molecule has 0 aliphatic rings. The Kier molecular flexibility index (Phi) is 3.73. The Bertz CT molecular complexity index is 861. The lowest BCUT2D eigenvalue weighted by Gasteiger charge is -2.12. The summed E-state index contributed by atoms with van der Waals surface area (Å²) in [5.74, 6) is 0.348. The summed E-state index contributed by atoms with van der Waals surface area (Å²) in [7, 11) is 0. The van der Waals surface area contributed by atoms with Crippen LogP contribution in [0, 0.1) is 19.8 Å². The van der Waals surface area contributed by atoms with Crippen LogP contribution in [-0.2, 0) is 11.3 Å². The van der Waals surface area contributed by atoms with E-state index in [1.807, 2.05) is 13.1 Å². The van der Waals surface area contributed by atoms with Crippen LogP contribution < -0.4 is 0 Å². The molecule has 3 aromatic rings. The van der Waals surface area contributed by atoms with Crippen molar-refractivity contribution in [2.24, 2.45) is 5.92 Å². The van der Waals surface area contributed by atoms with Gasteiger partial charge in [-0.1, -0.05) is 19.1 Å². The van der Waals surface area contributed by atoms with Crippen molar-refractivity contribution >= 4 is 27.6 Å². The summed E-state index contributed by atoms with van der Waals surface area (Å²) in [5, 5.41) is 2.51. The van der Waals surface area contributed by atoms with Gasteiger partial charge in [0.15, 0.2) is 0 Å². The van der Waals surface area contributed by atoms with Crippen molar-refractivity contribution in [3.8, 4) is 0 Å². The zero-order chi connectivity index (χ0) is 15.9. The van der Waals surface area contributed by atoms with Gasteiger partial charge in [-0.15, -0.1) is 0 Å². The number of fused-ring (bicyclic) bond motifs is 3. The maximum Gasteiger partial charge on any atom is 0.132 e. The molecule has 0 amide bonds. The molecule has 3 rings (SSSR count). The van der Waals surface area contributed by atoms with Crippen LogP contribution in [0.15, 0.2) is 30.5 Å². The van der Waals surface area contributed by atoms with E-state index in [0.717, 1.165) is 18.7 Å². The maximum atomic E-state index is 11.5. The van der Waals surface area contributed by atoms with Gasteiger partial charge in [0.05, 0.1) is 11.2 Å². The van der Waals surface area contributed by atoms with Crippen LogP contribution in [0.2, 0.25) is 0 Å². The van der Waals surface area contributed by atoms with Gasteiger partial charge in [0, 0.05) is 34.9 Å². The predicted octanol–water partition coefficient (Wildman–Crippen LogP) is 4.42. The SMILES string of the molecule is CC(=O)C(C)CCn1c2cc(C)ccc2c2ccnc(C)c21. The summed E-state index contributed by atoms with van der Waals surface area (Å²) < 4.78 is 2.33. The molecular weight excluding hydrogens is 272 g/mol. The van der Waals surface area contributed by atoms with E-state index in [1.165, 1.54) is 27.4 Å². The molecule has 1 aromatic carbocycles. The van der Waals surface area contributed by atoms with Crippen LogP contribution in [0.1, 0.15) is 31.5 Å². The van der Waals surface area contributed by atoms with Crippen LogP contribution in [0.3, 0.4) is 0 Å². The normalized spacial score (nSPS) is 12.9. The molecule has 0 bridgehead atoms. The number of carbonyl (C=O) groups is 1. The van der Waals surface area contributed by atoms with Crippen molar-refractivity contribution in [3.05, 3.63) is 41.7 Å². The fourth-order valence-electron chi connectivity index (χ4n) is 3.09. The molecule has 1 unspecified atom stereocenters. The number of Topliss-reactive ketones (excluding diaryl/α,β-unsaturated/α-hetero) is 1. The number of hydrogen-bond donors (Lipinski definition) is 0. The maximum absolute atomic E-state index is 11.5. The van der Waals surface area contributed by atoms with Crippen molar-refractivity contribution in [1.29, 1.82) is 0 Å². The third kappa shape index (κ3) is 2.41. The minimum atomic E-state index is 0.0919. The van der Waals surface area contributed by atoms with Gasteiger partial charge in [0.1, 0.15) is 5.78 Å². The van der Waals surface area contributed by atoms with Gasteiger partial charge >= 0.3 is 0 Å². The molecule has 0 saturated heterocycles. The van der Waals surface area contributed by atoms with Gasteiger partial charge in [-0.2, -0.15) is 0 Å². The number of rotatable bonds is 4. The van der Waals surface area contributed by atoms with Crippen molar-refractivity contribution in [2.75, 3.05) is 0 Å². The molecule has 0 fully saturated rings. The Morgan fingerprint density at radius 1 is 1.23 bits per heavy atom. The molecule has 22 heavy (non-hydrogen) atoms. The Morgan fingerprint density at radius 2 is 2.00 bits per heavy atom. The van der Waals surface area contributed by atoms with E-state index in [0.29, 0.717) is 0 Å². The Balaban J connectivity index is 2.20. The molecule has 3 nitrogen and oxygen atoms in total. The fraction of sp³-hybridized carbons (Fsp3) is 0.368. The second-order valence-corrected chi connectivity index (χ2v) is 6.27. The van der Waals surface area contributed by atoms with Gasteiger partial charge in [0.25, 0.3) is 0 Å². The third-order valence-electron chi connectivity index (χ3n) is 4.59. The van der Waals surface area contributed by atoms with E-state index in [4.69, 9.17) is 0 Å². The highest BCUT2D eigenvalue weighted by Crippen LogP contribution is 2.31. The predicted molar refractivity (Wildman–Crippen MR) is 91.2 cm³/mol. The van der Waals surface area contributed by atoms with Crippen LogP contribution in [-0.4, -0.2) is 15.3 Å². The Labute approximate surface area is 131 Å². The molecule has 0 saturated carbocycles. The zero-order valence-electron chi connectivity index (χ0n) is 13.7. The van der Waals surface area contributed by atoms with E-state index < -0.39 is 0 Å². The smallest absolute Gasteiger partial charge is 0.132 e. The van der Waals surface area contributed by atoms with Gasteiger partial charge < -0.3 is 4.57 Å². The van der Waals surface area contributed by atoms with Crippen LogP contribution in [0.4, 0.5) is 0 Å². The summed E-state index contributed by atoms with van der Waals surface area (Å²) in [5.41, 5.74) is 4.73. The van der Waals surface area contributed by atoms with Crippen molar-refractivity contribution in [3.63, 3.8) is 0 Å². The summed E-state index contributed by atoms with van der Waals surface area (Å²) in [6, 6.07) is 8.66.